The summed E-state index contributed by atoms with van der Waals surface area (Å²) in [5.41, 5.74) is 0. The van der Waals surface area contributed by atoms with Crippen LogP contribution in [0.3, 0.4) is 0 Å². The summed E-state index contributed by atoms with van der Waals surface area (Å²) >= 11 is 0. The van der Waals surface area contributed by atoms with Gasteiger partial charge in [0.25, 0.3) is 0 Å². The van der Waals surface area contributed by atoms with Crippen molar-refractivity contribution in [3.05, 3.63) is 60.7 Å². The van der Waals surface area contributed by atoms with Gasteiger partial charge >= 0.3 is 0 Å². The molecular weight excluding hydrogens is 318 g/mol. The van der Waals surface area contributed by atoms with Gasteiger partial charge in [-0.15, -0.1) is 7.47 Å². The zero-order valence-corrected chi connectivity index (χ0v) is 17.1. The Hall–Kier alpha value is -0.483. The SMILES string of the molecule is CP(CCCP(c1ccccc1)c1ccccc1)[Si](C)(C)C. The number of hydrogen-bond donors (Lipinski definition) is 0. The molecule has 0 bridgehead atoms. The summed E-state index contributed by atoms with van der Waals surface area (Å²) in [7, 11) is -0.852. The molecule has 0 radical (unpaired) electrons. The summed E-state index contributed by atoms with van der Waals surface area (Å²) in [6.07, 6.45) is 4.16. The second kappa shape index (κ2) is 8.39. The molecule has 2 aromatic carbocycles. The second-order valence-electron chi connectivity index (χ2n) is 6.77. The van der Waals surface area contributed by atoms with Crippen LogP contribution in [0.15, 0.2) is 60.7 Å². The first-order chi connectivity index (χ1) is 10.5. The molecule has 0 aliphatic rings. The van der Waals surface area contributed by atoms with Crippen LogP contribution in [0.25, 0.3) is 0 Å². The average Bonchev–Trinajstić information content (AvgIpc) is 2.52. The van der Waals surface area contributed by atoms with Gasteiger partial charge in [-0.25, -0.2) is 0 Å². The molecule has 2 rings (SSSR count). The van der Waals surface area contributed by atoms with E-state index >= 15 is 0 Å². The summed E-state index contributed by atoms with van der Waals surface area (Å²) in [6.45, 7) is 10.1. The highest BCUT2D eigenvalue weighted by atomic mass is 31.4. The highest BCUT2D eigenvalue weighted by Gasteiger charge is 2.22. The molecule has 118 valence electrons. The fourth-order valence-corrected chi connectivity index (χ4v) is 8.82. The van der Waals surface area contributed by atoms with Gasteiger partial charge in [-0.3, -0.25) is 0 Å². The zero-order valence-electron chi connectivity index (χ0n) is 14.3. The lowest BCUT2D eigenvalue weighted by Gasteiger charge is -2.27. The minimum absolute atomic E-state index is 0.192. The first kappa shape index (κ1) is 17.9. The van der Waals surface area contributed by atoms with Gasteiger partial charge in [-0.1, -0.05) is 80.3 Å². The maximum absolute atomic E-state index is 2.52. The van der Waals surface area contributed by atoms with E-state index in [2.05, 4.69) is 87.0 Å². The molecule has 2 aromatic rings. The van der Waals surface area contributed by atoms with Crippen LogP contribution in [0, 0.1) is 0 Å². The van der Waals surface area contributed by atoms with Crippen molar-refractivity contribution in [2.45, 2.75) is 26.1 Å². The molecule has 0 N–H and O–H groups in total. The van der Waals surface area contributed by atoms with Crippen molar-refractivity contribution in [2.75, 3.05) is 19.0 Å². The van der Waals surface area contributed by atoms with E-state index in [9.17, 15) is 0 Å². The Balaban J connectivity index is 2.07. The van der Waals surface area contributed by atoms with Gasteiger partial charge in [0.2, 0.25) is 0 Å². The summed E-state index contributed by atoms with van der Waals surface area (Å²) < 4.78 is 0. The third-order valence-electron chi connectivity index (χ3n) is 4.16. The molecule has 0 saturated heterocycles. The van der Waals surface area contributed by atoms with Crippen molar-refractivity contribution in [2.24, 2.45) is 0 Å². The lowest BCUT2D eigenvalue weighted by Crippen LogP contribution is -2.19. The van der Waals surface area contributed by atoms with Crippen LogP contribution in [0.2, 0.25) is 19.6 Å². The molecule has 0 nitrogen and oxygen atoms in total. The number of benzene rings is 2. The summed E-state index contributed by atoms with van der Waals surface area (Å²) in [5, 5.41) is 3.05. The lowest BCUT2D eigenvalue weighted by molar-refractivity contribution is 1.11. The number of hydrogen-bond acceptors (Lipinski definition) is 0. The van der Waals surface area contributed by atoms with Crippen molar-refractivity contribution in [3.8, 4) is 0 Å². The highest BCUT2D eigenvalue weighted by molar-refractivity contribution is 7.94. The zero-order chi connectivity index (χ0) is 16.0. The largest absolute Gasteiger partial charge is 0.122 e. The first-order valence-electron chi connectivity index (χ1n) is 8.07. The first-order valence-corrected chi connectivity index (χ1v) is 15.9. The van der Waals surface area contributed by atoms with Crippen molar-refractivity contribution in [3.63, 3.8) is 0 Å². The van der Waals surface area contributed by atoms with Crippen LogP contribution in [-0.4, -0.2) is 26.7 Å². The molecule has 0 heterocycles. The number of rotatable bonds is 7. The van der Waals surface area contributed by atoms with Crippen LogP contribution < -0.4 is 10.6 Å². The predicted octanol–water partition coefficient (Wildman–Crippen LogP) is 5.46. The normalized spacial score (nSPS) is 13.3. The molecule has 1 atom stereocenters. The Morgan fingerprint density at radius 1 is 0.727 bits per heavy atom. The Kier molecular flexibility index (Phi) is 6.81. The van der Waals surface area contributed by atoms with Crippen molar-refractivity contribution in [1.29, 1.82) is 0 Å². The van der Waals surface area contributed by atoms with Gasteiger partial charge in [0.05, 0.1) is 7.74 Å². The quantitative estimate of drug-likeness (QED) is 0.461. The van der Waals surface area contributed by atoms with Gasteiger partial charge < -0.3 is 0 Å². The predicted molar refractivity (Wildman–Crippen MR) is 110 cm³/mol. The summed E-state index contributed by atoms with van der Waals surface area (Å²) in [5.74, 6) is 0. The summed E-state index contributed by atoms with van der Waals surface area (Å²) in [6, 6.07) is 22.2. The molecule has 0 aromatic heterocycles. The van der Waals surface area contributed by atoms with Gasteiger partial charge in [-0.05, 0) is 43.9 Å². The molecule has 3 heteroatoms. The van der Waals surface area contributed by atoms with E-state index < -0.39 is 7.74 Å². The van der Waals surface area contributed by atoms with E-state index in [4.69, 9.17) is 0 Å². The minimum Gasteiger partial charge on any atom is -0.122 e. The molecular formula is C19H28P2Si. The van der Waals surface area contributed by atoms with Crippen molar-refractivity contribution in [1.82, 2.24) is 0 Å². The Labute approximate surface area is 139 Å². The summed E-state index contributed by atoms with van der Waals surface area (Å²) in [4.78, 5) is 0. The smallest absolute Gasteiger partial charge is 0.0716 e. The maximum Gasteiger partial charge on any atom is 0.0716 e. The van der Waals surface area contributed by atoms with E-state index in [-0.39, 0.29) is 15.4 Å². The van der Waals surface area contributed by atoms with Crippen LogP contribution in [0.1, 0.15) is 6.42 Å². The molecule has 0 aliphatic heterocycles. The van der Waals surface area contributed by atoms with E-state index in [0.717, 1.165) is 0 Å². The fraction of sp³-hybridized carbons (Fsp3) is 0.368. The molecule has 0 fully saturated rings. The second-order valence-corrected chi connectivity index (χ2v) is 21.6. The molecule has 0 saturated carbocycles. The van der Waals surface area contributed by atoms with Gasteiger partial charge in [-0.2, -0.15) is 0 Å². The average molecular weight is 346 g/mol. The van der Waals surface area contributed by atoms with E-state index in [1.54, 1.807) is 0 Å². The van der Waals surface area contributed by atoms with Gasteiger partial charge in [0, 0.05) is 0 Å². The Morgan fingerprint density at radius 3 is 1.59 bits per heavy atom. The monoisotopic (exact) mass is 346 g/mol. The highest BCUT2D eigenvalue weighted by Crippen LogP contribution is 2.44. The third-order valence-corrected chi connectivity index (χ3v) is 17.6. The topological polar surface area (TPSA) is 0 Å². The van der Waals surface area contributed by atoms with Gasteiger partial charge in [0.15, 0.2) is 0 Å². The molecule has 0 aliphatic carbocycles. The van der Waals surface area contributed by atoms with Crippen molar-refractivity contribution >= 4 is 33.7 Å². The standard InChI is InChI=1S/C19H28P2Si/c1-20(22(2,3)4)16-11-17-21(18-12-7-5-8-13-18)19-14-9-6-10-15-19/h5-10,12-15H,11,16-17H2,1-4H3. The van der Waals surface area contributed by atoms with Crippen LogP contribution >= 0.6 is 15.4 Å². The van der Waals surface area contributed by atoms with Crippen LogP contribution in [0.4, 0.5) is 0 Å². The van der Waals surface area contributed by atoms with Crippen LogP contribution in [0.5, 0.6) is 0 Å². The molecule has 0 amide bonds. The van der Waals surface area contributed by atoms with E-state index in [1.807, 2.05) is 0 Å². The Morgan fingerprint density at radius 2 is 1.18 bits per heavy atom. The van der Waals surface area contributed by atoms with E-state index in [1.165, 1.54) is 29.4 Å². The minimum atomic E-state index is -0.919. The third kappa shape index (κ3) is 5.30. The molecule has 1 unspecified atom stereocenters. The van der Waals surface area contributed by atoms with Crippen molar-refractivity contribution < 1.29 is 0 Å². The van der Waals surface area contributed by atoms with E-state index in [0.29, 0.717) is 0 Å². The fourth-order valence-electron chi connectivity index (χ4n) is 2.42. The van der Waals surface area contributed by atoms with Crippen LogP contribution in [-0.2, 0) is 0 Å². The molecule has 22 heavy (non-hydrogen) atoms. The Bertz CT molecular complexity index is 509. The molecule has 0 spiro atoms. The lowest BCUT2D eigenvalue weighted by atomic mass is 10.4. The van der Waals surface area contributed by atoms with Gasteiger partial charge in [0.1, 0.15) is 0 Å². The maximum atomic E-state index is 2.52.